The maximum absolute atomic E-state index is 5.56. The fourth-order valence-electron chi connectivity index (χ4n) is 2.12. The largest absolute Gasteiger partial charge is 0.378 e. The van der Waals surface area contributed by atoms with Crippen LogP contribution in [0.15, 0.2) is 0 Å². The predicted octanol–water partition coefficient (Wildman–Crippen LogP) is 1.24. The number of ether oxygens (including phenoxy) is 1. The molecule has 88 valence electrons. The van der Waals surface area contributed by atoms with Gasteiger partial charge in [-0.2, -0.15) is 0 Å². The number of nitrogens with zero attached hydrogens (tertiary/aromatic N) is 1. The average molecular weight is 212 g/mol. The van der Waals surface area contributed by atoms with E-state index in [0.717, 1.165) is 32.3 Å². The van der Waals surface area contributed by atoms with Crippen molar-refractivity contribution in [3.05, 3.63) is 0 Å². The first kappa shape index (κ1) is 11.4. The average Bonchev–Trinajstić information content (AvgIpc) is 3.08. The van der Waals surface area contributed by atoms with Gasteiger partial charge in [-0.25, -0.2) is 0 Å². The zero-order valence-corrected chi connectivity index (χ0v) is 9.87. The second kappa shape index (κ2) is 5.83. The van der Waals surface area contributed by atoms with Crippen molar-refractivity contribution >= 4 is 0 Å². The molecule has 0 radical (unpaired) electrons. The molecule has 2 aliphatic rings. The molecule has 3 nitrogen and oxygen atoms in total. The first-order valence-electron chi connectivity index (χ1n) is 6.45. The zero-order valence-electron chi connectivity index (χ0n) is 9.87. The van der Waals surface area contributed by atoms with Gasteiger partial charge in [0.2, 0.25) is 0 Å². The molecule has 0 amide bonds. The second-order valence-electron chi connectivity index (χ2n) is 4.80. The van der Waals surface area contributed by atoms with Crippen LogP contribution in [0.2, 0.25) is 0 Å². The molecular formula is C12H24N2O. The van der Waals surface area contributed by atoms with E-state index < -0.39 is 0 Å². The summed E-state index contributed by atoms with van der Waals surface area (Å²) in [5, 5.41) is 3.61. The van der Waals surface area contributed by atoms with Crippen LogP contribution in [-0.2, 0) is 4.74 Å². The van der Waals surface area contributed by atoms with Crippen LogP contribution >= 0.6 is 0 Å². The lowest BCUT2D eigenvalue weighted by Gasteiger charge is -2.35. The van der Waals surface area contributed by atoms with Gasteiger partial charge in [0.25, 0.3) is 0 Å². The molecule has 0 aromatic carbocycles. The third-order valence-corrected chi connectivity index (χ3v) is 3.37. The van der Waals surface area contributed by atoms with E-state index in [0.29, 0.717) is 6.04 Å². The Morgan fingerprint density at radius 2 is 2.27 bits per heavy atom. The number of morpholine rings is 1. The molecule has 1 saturated heterocycles. The Morgan fingerprint density at radius 3 is 3.00 bits per heavy atom. The van der Waals surface area contributed by atoms with E-state index >= 15 is 0 Å². The number of hydrogen-bond donors (Lipinski definition) is 1. The number of rotatable bonds is 6. The van der Waals surface area contributed by atoms with Crippen LogP contribution in [0.5, 0.6) is 0 Å². The van der Waals surface area contributed by atoms with Crippen LogP contribution < -0.4 is 5.32 Å². The summed E-state index contributed by atoms with van der Waals surface area (Å²) in [5.41, 5.74) is 0. The molecule has 1 saturated carbocycles. The molecule has 1 aliphatic heterocycles. The van der Waals surface area contributed by atoms with Gasteiger partial charge in [0.1, 0.15) is 0 Å². The van der Waals surface area contributed by atoms with Gasteiger partial charge in [-0.15, -0.1) is 0 Å². The Labute approximate surface area is 93.2 Å². The van der Waals surface area contributed by atoms with Crippen molar-refractivity contribution in [1.29, 1.82) is 0 Å². The highest BCUT2D eigenvalue weighted by Gasteiger charge is 2.26. The van der Waals surface area contributed by atoms with Crippen LogP contribution in [-0.4, -0.2) is 49.8 Å². The normalized spacial score (nSPS) is 28.2. The quantitative estimate of drug-likeness (QED) is 0.717. The summed E-state index contributed by atoms with van der Waals surface area (Å²) in [4.78, 5) is 2.60. The van der Waals surface area contributed by atoms with Gasteiger partial charge < -0.3 is 10.1 Å². The summed E-state index contributed by atoms with van der Waals surface area (Å²) in [6, 6.07) is 1.44. The van der Waals surface area contributed by atoms with Crippen molar-refractivity contribution in [3.63, 3.8) is 0 Å². The fourth-order valence-corrected chi connectivity index (χ4v) is 2.12. The molecule has 0 bridgehead atoms. The zero-order chi connectivity index (χ0) is 10.5. The SMILES string of the molecule is CCCCN1CCOCC1CNC1CC1. The smallest absolute Gasteiger partial charge is 0.0634 e. The van der Waals surface area contributed by atoms with Crippen LogP contribution in [0.4, 0.5) is 0 Å². The maximum atomic E-state index is 5.56. The first-order chi connectivity index (χ1) is 7.40. The van der Waals surface area contributed by atoms with Crippen molar-refractivity contribution in [2.75, 3.05) is 32.8 Å². The van der Waals surface area contributed by atoms with Crippen LogP contribution in [0.3, 0.4) is 0 Å². The maximum Gasteiger partial charge on any atom is 0.0634 e. The lowest BCUT2D eigenvalue weighted by Crippen LogP contribution is -2.50. The Kier molecular flexibility index (Phi) is 4.42. The van der Waals surface area contributed by atoms with Crippen molar-refractivity contribution < 1.29 is 4.74 Å². The Morgan fingerprint density at radius 1 is 1.40 bits per heavy atom. The monoisotopic (exact) mass is 212 g/mol. The van der Waals surface area contributed by atoms with Crippen LogP contribution in [0.25, 0.3) is 0 Å². The van der Waals surface area contributed by atoms with Crippen LogP contribution in [0.1, 0.15) is 32.6 Å². The standard InChI is InChI=1S/C12H24N2O/c1-2-3-6-14-7-8-15-10-12(14)9-13-11-4-5-11/h11-13H,2-10H2,1H3. The molecule has 1 N–H and O–H groups in total. The van der Waals surface area contributed by atoms with Crippen molar-refractivity contribution in [2.24, 2.45) is 0 Å². The molecule has 1 atom stereocenters. The first-order valence-corrected chi connectivity index (χ1v) is 6.45. The lowest BCUT2D eigenvalue weighted by atomic mass is 10.2. The van der Waals surface area contributed by atoms with E-state index in [-0.39, 0.29) is 0 Å². The molecule has 1 aliphatic carbocycles. The Bertz CT molecular complexity index is 182. The Balaban J connectivity index is 1.70. The molecule has 1 unspecified atom stereocenters. The topological polar surface area (TPSA) is 24.5 Å². The fraction of sp³-hybridized carbons (Fsp3) is 1.00. The summed E-state index contributed by atoms with van der Waals surface area (Å²) < 4.78 is 5.56. The highest BCUT2D eigenvalue weighted by atomic mass is 16.5. The van der Waals surface area contributed by atoms with Crippen LogP contribution in [0, 0.1) is 0 Å². The molecule has 0 spiro atoms. The molecule has 1 heterocycles. The van der Waals surface area contributed by atoms with Gasteiger partial charge >= 0.3 is 0 Å². The highest BCUT2D eigenvalue weighted by molar-refractivity contribution is 4.85. The summed E-state index contributed by atoms with van der Waals surface area (Å²) >= 11 is 0. The van der Waals surface area contributed by atoms with Gasteiger partial charge in [0.05, 0.1) is 13.2 Å². The van der Waals surface area contributed by atoms with E-state index in [1.807, 2.05) is 0 Å². The molecule has 3 heteroatoms. The molecule has 0 aromatic heterocycles. The number of nitrogens with one attached hydrogen (secondary N) is 1. The van der Waals surface area contributed by atoms with E-state index in [4.69, 9.17) is 4.74 Å². The van der Waals surface area contributed by atoms with E-state index in [9.17, 15) is 0 Å². The number of unbranched alkanes of at least 4 members (excludes halogenated alkanes) is 1. The summed E-state index contributed by atoms with van der Waals surface area (Å²) in [6.07, 6.45) is 5.37. The van der Waals surface area contributed by atoms with Crippen molar-refractivity contribution in [1.82, 2.24) is 10.2 Å². The molecule has 15 heavy (non-hydrogen) atoms. The summed E-state index contributed by atoms with van der Waals surface area (Å²) in [7, 11) is 0. The Hall–Kier alpha value is -0.120. The van der Waals surface area contributed by atoms with Gasteiger partial charge in [-0.3, -0.25) is 4.90 Å². The molecule has 2 rings (SSSR count). The summed E-state index contributed by atoms with van der Waals surface area (Å²) in [6.45, 7) is 7.59. The summed E-state index contributed by atoms with van der Waals surface area (Å²) in [5.74, 6) is 0. The molecule has 2 fully saturated rings. The predicted molar refractivity (Wildman–Crippen MR) is 62.1 cm³/mol. The van der Waals surface area contributed by atoms with Gasteiger partial charge in [0, 0.05) is 25.2 Å². The minimum Gasteiger partial charge on any atom is -0.378 e. The van der Waals surface area contributed by atoms with E-state index in [1.54, 1.807) is 0 Å². The third kappa shape index (κ3) is 3.74. The minimum absolute atomic E-state index is 0.617. The van der Waals surface area contributed by atoms with Gasteiger partial charge in [-0.1, -0.05) is 13.3 Å². The molecular weight excluding hydrogens is 188 g/mol. The van der Waals surface area contributed by atoms with E-state index in [2.05, 4.69) is 17.1 Å². The third-order valence-electron chi connectivity index (χ3n) is 3.37. The van der Waals surface area contributed by atoms with Crippen molar-refractivity contribution in [2.45, 2.75) is 44.7 Å². The lowest BCUT2D eigenvalue weighted by molar-refractivity contribution is -0.00734. The van der Waals surface area contributed by atoms with Crippen molar-refractivity contribution in [3.8, 4) is 0 Å². The number of hydrogen-bond acceptors (Lipinski definition) is 3. The van der Waals surface area contributed by atoms with Gasteiger partial charge in [-0.05, 0) is 25.8 Å². The van der Waals surface area contributed by atoms with E-state index in [1.165, 1.54) is 32.2 Å². The van der Waals surface area contributed by atoms with Gasteiger partial charge in [0.15, 0.2) is 0 Å². The highest BCUT2D eigenvalue weighted by Crippen LogP contribution is 2.19. The molecule has 0 aromatic rings. The minimum atomic E-state index is 0.617. The second-order valence-corrected chi connectivity index (χ2v) is 4.80.